The number of aromatic amines is 2. The van der Waals surface area contributed by atoms with Crippen molar-refractivity contribution in [2.75, 3.05) is 27.2 Å². The highest BCUT2D eigenvalue weighted by atomic mass is 15.2. The molecule has 2 aromatic heterocycles. The number of H-pyrrole nitrogens is 2. The van der Waals surface area contributed by atoms with Crippen LogP contribution in [0.25, 0.3) is 11.3 Å². The van der Waals surface area contributed by atoms with Gasteiger partial charge < -0.3 is 9.97 Å². The Morgan fingerprint density at radius 2 is 1.47 bits per heavy atom. The molecule has 2 N–H and O–H groups in total. The van der Waals surface area contributed by atoms with Crippen molar-refractivity contribution in [1.82, 2.24) is 29.7 Å². The molecule has 30 heavy (non-hydrogen) atoms. The van der Waals surface area contributed by atoms with Gasteiger partial charge in [-0.15, -0.1) is 0 Å². The molecule has 2 aliphatic heterocycles. The molecule has 2 unspecified atom stereocenters. The van der Waals surface area contributed by atoms with E-state index in [0.717, 1.165) is 53.7 Å². The van der Waals surface area contributed by atoms with Gasteiger partial charge in [-0.3, -0.25) is 9.80 Å². The lowest BCUT2D eigenvalue weighted by atomic mass is 10.1. The maximum atomic E-state index is 4.62. The summed E-state index contributed by atoms with van der Waals surface area (Å²) in [4.78, 5) is 20.8. The van der Waals surface area contributed by atoms with Crippen LogP contribution in [0, 0.1) is 11.8 Å². The number of nitrogens with zero attached hydrogens (tertiary/aromatic N) is 4. The second-order valence-electron chi connectivity index (χ2n) is 8.47. The van der Waals surface area contributed by atoms with Crippen molar-refractivity contribution in [3.05, 3.63) is 59.6 Å². The predicted molar refractivity (Wildman–Crippen MR) is 118 cm³/mol. The van der Waals surface area contributed by atoms with Crippen LogP contribution in [0.5, 0.6) is 0 Å². The van der Waals surface area contributed by atoms with E-state index < -0.39 is 0 Å². The molecular weight excluding hydrogens is 372 g/mol. The van der Waals surface area contributed by atoms with Gasteiger partial charge in [-0.1, -0.05) is 18.1 Å². The fraction of sp³-hybridized carbons (Fsp3) is 0.417. The minimum Gasteiger partial charge on any atom is -0.341 e. The number of aromatic nitrogens is 4. The summed E-state index contributed by atoms with van der Waals surface area (Å²) >= 11 is 0. The molecule has 2 fully saturated rings. The van der Waals surface area contributed by atoms with Crippen molar-refractivity contribution < 1.29 is 0 Å². The van der Waals surface area contributed by atoms with Crippen LogP contribution in [0.15, 0.2) is 36.7 Å². The first-order chi connectivity index (χ1) is 14.7. The van der Waals surface area contributed by atoms with Crippen LogP contribution in [0.3, 0.4) is 0 Å². The van der Waals surface area contributed by atoms with Gasteiger partial charge in [0.25, 0.3) is 0 Å². The average molecular weight is 401 g/mol. The van der Waals surface area contributed by atoms with E-state index in [-0.39, 0.29) is 0 Å². The van der Waals surface area contributed by atoms with Gasteiger partial charge in [0.05, 0.1) is 30.2 Å². The summed E-state index contributed by atoms with van der Waals surface area (Å²) in [6.45, 7) is 2.27. The number of nitrogens with one attached hydrogen (secondary N) is 2. The number of hydrogen-bond donors (Lipinski definition) is 2. The summed E-state index contributed by atoms with van der Waals surface area (Å²) < 4.78 is 0. The fourth-order valence-corrected chi connectivity index (χ4v) is 4.61. The topological polar surface area (TPSA) is 63.8 Å². The van der Waals surface area contributed by atoms with E-state index in [1.807, 2.05) is 12.4 Å². The van der Waals surface area contributed by atoms with Crippen LogP contribution in [0.1, 0.15) is 60.7 Å². The van der Waals surface area contributed by atoms with E-state index in [1.165, 1.54) is 19.3 Å². The quantitative estimate of drug-likeness (QED) is 0.658. The summed E-state index contributed by atoms with van der Waals surface area (Å²) in [7, 11) is 4.32. The predicted octanol–water partition coefficient (Wildman–Crippen LogP) is 3.73. The summed E-state index contributed by atoms with van der Waals surface area (Å²) in [5.74, 6) is 8.55. The van der Waals surface area contributed by atoms with Gasteiger partial charge in [-0.25, -0.2) is 9.97 Å². The summed E-state index contributed by atoms with van der Waals surface area (Å²) in [6, 6.07) is 9.13. The van der Waals surface area contributed by atoms with Crippen LogP contribution in [0.4, 0.5) is 0 Å². The number of rotatable bonds is 3. The normalized spacial score (nSPS) is 22.3. The molecule has 2 atom stereocenters. The molecule has 6 heteroatoms. The number of likely N-dealkylation sites (tertiary alicyclic amines) is 2. The van der Waals surface area contributed by atoms with E-state index in [9.17, 15) is 0 Å². The zero-order chi connectivity index (χ0) is 20.5. The molecule has 5 rings (SSSR count). The molecule has 2 aliphatic rings. The molecule has 0 amide bonds. The lowest BCUT2D eigenvalue weighted by molar-refractivity contribution is 0.307. The van der Waals surface area contributed by atoms with Gasteiger partial charge in [-0.05, 0) is 76.5 Å². The molecule has 3 aromatic rings. The molecule has 0 radical (unpaired) electrons. The zero-order valence-electron chi connectivity index (χ0n) is 17.7. The Bertz CT molecular complexity index is 1070. The molecule has 4 heterocycles. The van der Waals surface area contributed by atoms with E-state index in [1.54, 1.807) is 0 Å². The van der Waals surface area contributed by atoms with Crippen molar-refractivity contribution in [2.24, 2.45) is 0 Å². The van der Waals surface area contributed by atoms with Crippen molar-refractivity contribution in [2.45, 2.75) is 37.8 Å². The maximum Gasteiger partial charge on any atom is 0.124 e. The molecule has 1 aromatic carbocycles. The van der Waals surface area contributed by atoms with Gasteiger partial charge in [0.15, 0.2) is 0 Å². The van der Waals surface area contributed by atoms with Crippen molar-refractivity contribution in [1.29, 1.82) is 0 Å². The standard InChI is InChI=1S/C24H28N6/c1-29-13-3-5-21(29)23-25-15-19(27-23)12-9-17-7-10-18(11-8-17)20-16-26-24(28-20)22-6-4-14-30(22)2/h7-8,10-11,15-16,21-22H,3-6,13-14H2,1-2H3,(H,25,27)(H,26,28). The molecule has 0 spiro atoms. The second kappa shape index (κ2) is 8.10. The molecule has 0 bridgehead atoms. The highest BCUT2D eigenvalue weighted by Gasteiger charge is 2.25. The Hall–Kier alpha value is -2.88. The Kier molecular flexibility index (Phi) is 5.16. The Balaban J connectivity index is 1.27. The lowest BCUT2D eigenvalue weighted by Crippen LogP contribution is -2.18. The largest absolute Gasteiger partial charge is 0.341 e. The van der Waals surface area contributed by atoms with Gasteiger partial charge in [-0.2, -0.15) is 0 Å². The van der Waals surface area contributed by atoms with Crippen LogP contribution in [-0.4, -0.2) is 56.9 Å². The molecule has 6 nitrogen and oxygen atoms in total. The Morgan fingerprint density at radius 1 is 0.833 bits per heavy atom. The summed E-state index contributed by atoms with van der Waals surface area (Å²) in [5.41, 5.74) is 4.05. The van der Waals surface area contributed by atoms with Crippen LogP contribution in [-0.2, 0) is 0 Å². The summed E-state index contributed by atoms with van der Waals surface area (Å²) in [6.07, 6.45) is 8.57. The molecule has 0 aliphatic carbocycles. The van der Waals surface area contributed by atoms with Crippen LogP contribution < -0.4 is 0 Å². The van der Waals surface area contributed by atoms with Crippen molar-refractivity contribution in [3.63, 3.8) is 0 Å². The Labute approximate surface area is 177 Å². The highest BCUT2D eigenvalue weighted by Crippen LogP contribution is 2.30. The number of benzene rings is 1. The average Bonchev–Trinajstić information content (AvgIpc) is 3.54. The minimum absolute atomic E-state index is 0.392. The minimum atomic E-state index is 0.392. The molecule has 2 saturated heterocycles. The molecule has 0 saturated carbocycles. The fourth-order valence-electron chi connectivity index (χ4n) is 4.61. The van der Waals surface area contributed by atoms with E-state index >= 15 is 0 Å². The third-order valence-corrected chi connectivity index (χ3v) is 6.40. The number of hydrogen-bond acceptors (Lipinski definition) is 4. The Morgan fingerprint density at radius 3 is 2.10 bits per heavy atom. The first kappa shape index (κ1) is 19.1. The molecular formula is C24H28N6. The van der Waals surface area contributed by atoms with Gasteiger partial charge >= 0.3 is 0 Å². The first-order valence-corrected chi connectivity index (χ1v) is 10.8. The van der Waals surface area contributed by atoms with Crippen LogP contribution >= 0.6 is 0 Å². The highest BCUT2D eigenvalue weighted by molar-refractivity contribution is 5.60. The van der Waals surface area contributed by atoms with Crippen molar-refractivity contribution >= 4 is 0 Å². The lowest BCUT2D eigenvalue weighted by Gasteiger charge is -2.16. The second-order valence-corrected chi connectivity index (χ2v) is 8.47. The smallest absolute Gasteiger partial charge is 0.124 e. The summed E-state index contributed by atoms with van der Waals surface area (Å²) in [5, 5.41) is 0. The van der Waals surface area contributed by atoms with Gasteiger partial charge in [0.1, 0.15) is 17.3 Å². The van der Waals surface area contributed by atoms with Crippen LogP contribution in [0.2, 0.25) is 0 Å². The van der Waals surface area contributed by atoms with E-state index in [4.69, 9.17) is 0 Å². The van der Waals surface area contributed by atoms with Gasteiger partial charge in [0, 0.05) is 5.56 Å². The third kappa shape index (κ3) is 3.79. The SMILES string of the molecule is CN1CCCC1c1ncc(C#Cc2ccc(-c3cnc(C4CCCN4C)[nH]3)cc2)[nH]1. The monoisotopic (exact) mass is 400 g/mol. The van der Waals surface area contributed by atoms with Gasteiger partial charge in [0.2, 0.25) is 0 Å². The third-order valence-electron chi connectivity index (χ3n) is 6.40. The zero-order valence-corrected chi connectivity index (χ0v) is 17.7. The van der Waals surface area contributed by atoms with E-state index in [0.29, 0.717) is 12.1 Å². The number of imidazole rings is 2. The first-order valence-electron chi connectivity index (χ1n) is 10.8. The van der Waals surface area contributed by atoms with Crippen molar-refractivity contribution in [3.8, 4) is 23.1 Å². The maximum absolute atomic E-state index is 4.62. The van der Waals surface area contributed by atoms with E-state index in [2.05, 4.69) is 79.9 Å². The molecule has 154 valence electrons.